The summed E-state index contributed by atoms with van der Waals surface area (Å²) in [5.41, 5.74) is 1.74. The highest BCUT2D eigenvalue weighted by Gasteiger charge is 2.35. The molecule has 112 valence electrons. The molecule has 1 atom stereocenters. The minimum absolute atomic E-state index is 0.0606. The van der Waals surface area contributed by atoms with E-state index in [1.54, 1.807) is 0 Å². The number of carbonyl (C=O) groups is 2. The molecule has 2 aliphatic rings. The number of hydrogen-bond donors (Lipinski definition) is 1. The van der Waals surface area contributed by atoms with Crippen molar-refractivity contribution in [1.29, 1.82) is 0 Å². The van der Waals surface area contributed by atoms with Gasteiger partial charge in [-0.15, -0.1) is 0 Å². The Hall–Kier alpha value is -1.84. The van der Waals surface area contributed by atoms with Crippen LogP contribution in [0.1, 0.15) is 50.5 Å². The van der Waals surface area contributed by atoms with Gasteiger partial charge in [-0.25, -0.2) is 0 Å². The molecule has 1 N–H and O–H groups in total. The second-order valence-corrected chi connectivity index (χ2v) is 5.95. The number of amides is 2. The maximum Gasteiger partial charge on any atom is 0.230 e. The first kappa shape index (κ1) is 14.1. The summed E-state index contributed by atoms with van der Waals surface area (Å²) in [6.07, 6.45) is 4.87. The Labute approximate surface area is 125 Å². The van der Waals surface area contributed by atoms with Crippen LogP contribution < -0.4 is 5.32 Å². The molecule has 1 aliphatic heterocycles. The molecule has 4 nitrogen and oxygen atoms in total. The number of para-hydroxylation sites is 1. The summed E-state index contributed by atoms with van der Waals surface area (Å²) in [4.78, 5) is 26.9. The standard InChI is InChI=1S/C17H22N2O2/c1-2-19(12-7-3-4-8-12)17(21)14-11-16(20)18-15-10-6-5-9-13(14)15/h5-6,9-10,12,14H,2-4,7-8,11H2,1H3,(H,18,20). The average molecular weight is 286 g/mol. The van der Waals surface area contributed by atoms with E-state index >= 15 is 0 Å². The lowest BCUT2D eigenvalue weighted by Crippen LogP contribution is -2.43. The van der Waals surface area contributed by atoms with Gasteiger partial charge in [0.25, 0.3) is 0 Å². The zero-order valence-electron chi connectivity index (χ0n) is 12.5. The van der Waals surface area contributed by atoms with Gasteiger partial charge in [0.15, 0.2) is 0 Å². The lowest BCUT2D eigenvalue weighted by atomic mass is 9.89. The van der Waals surface area contributed by atoms with Crippen LogP contribution in [-0.2, 0) is 9.59 Å². The van der Waals surface area contributed by atoms with Crippen LogP contribution in [0.15, 0.2) is 24.3 Å². The molecule has 1 aromatic carbocycles. The number of rotatable bonds is 3. The van der Waals surface area contributed by atoms with E-state index in [4.69, 9.17) is 0 Å². The first-order chi connectivity index (χ1) is 10.2. The van der Waals surface area contributed by atoms with Crippen molar-refractivity contribution in [1.82, 2.24) is 4.90 Å². The van der Waals surface area contributed by atoms with E-state index in [0.29, 0.717) is 6.04 Å². The minimum Gasteiger partial charge on any atom is -0.339 e. The average Bonchev–Trinajstić information content (AvgIpc) is 3.01. The molecular weight excluding hydrogens is 264 g/mol. The zero-order valence-corrected chi connectivity index (χ0v) is 12.5. The van der Waals surface area contributed by atoms with Gasteiger partial charge in [0, 0.05) is 24.7 Å². The van der Waals surface area contributed by atoms with Gasteiger partial charge in [-0.1, -0.05) is 31.0 Å². The SMILES string of the molecule is CCN(C(=O)C1CC(=O)Nc2ccccc21)C1CCCC1. The van der Waals surface area contributed by atoms with Crippen molar-refractivity contribution in [3.05, 3.63) is 29.8 Å². The maximum absolute atomic E-state index is 13.0. The molecule has 1 aromatic rings. The Morgan fingerprint density at radius 1 is 1.29 bits per heavy atom. The highest BCUT2D eigenvalue weighted by atomic mass is 16.2. The molecule has 0 bridgehead atoms. The number of nitrogens with zero attached hydrogens (tertiary/aromatic N) is 1. The van der Waals surface area contributed by atoms with Gasteiger partial charge in [-0.2, -0.15) is 0 Å². The molecule has 0 radical (unpaired) electrons. The monoisotopic (exact) mass is 286 g/mol. The minimum atomic E-state index is -0.324. The third kappa shape index (κ3) is 2.67. The fraction of sp³-hybridized carbons (Fsp3) is 0.529. The largest absolute Gasteiger partial charge is 0.339 e. The van der Waals surface area contributed by atoms with Gasteiger partial charge < -0.3 is 10.2 Å². The van der Waals surface area contributed by atoms with Gasteiger partial charge in [-0.05, 0) is 31.4 Å². The van der Waals surface area contributed by atoms with Crippen LogP contribution in [0.4, 0.5) is 5.69 Å². The molecule has 4 heteroatoms. The van der Waals surface area contributed by atoms with Crippen molar-refractivity contribution in [3.63, 3.8) is 0 Å². The van der Waals surface area contributed by atoms with Gasteiger partial charge >= 0.3 is 0 Å². The van der Waals surface area contributed by atoms with E-state index in [1.807, 2.05) is 36.1 Å². The molecule has 21 heavy (non-hydrogen) atoms. The second-order valence-electron chi connectivity index (χ2n) is 5.95. The number of benzene rings is 1. The highest BCUT2D eigenvalue weighted by molar-refractivity contribution is 6.01. The number of likely N-dealkylation sites (N-methyl/N-ethyl adjacent to an activating group) is 1. The molecule has 1 aliphatic carbocycles. The van der Waals surface area contributed by atoms with Crippen LogP contribution in [-0.4, -0.2) is 29.3 Å². The van der Waals surface area contributed by atoms with E-state index in [1.165, 1.54) is 12.8 Å². The smallest absolute Gasteiger partial charge is 0.230 e. The Bertz CT molecular complexity index is 549. The number of fused-ring (bicyclic) bond motifs is 1. The van der Waals surface area contributed by atoms with E-state index in [-0.39, 0.29) is 24.2 Å². The van der Waals surface area contributed by atoms with Crippen LogP contribution in [0, 0.1) is 0 Å². The molecule has 1 unspecified atom stereocenters. The summed E-state index contributed by atoms with van der Waals surface area (Å²) in [5.74, 6) is -0.267. The molecule has 1 fully saturated rings. The van der Waals surface area contributed by atoms with Gasteiger partial charge in [0.2, 0.25) is 11.8 Å². The van der Waals surface area contributed by atoms with E-state index in [0.717, 1.165) is 30.6 Å². The highest BCUT2D eigenvalue weighted by Crippen LogP contribution is 2.35. The Balaban J connectivity index is 1.88. The Morgan fingerprint density at radius 2 is 2.00 bits per heavy atom. The second kappa shape index (κ2) is 5.88. The van der Waals surface area contributed by atoms with Crippen LogP contribution in [0.5, 0.6) is 0 Å². The molecule has 3 rings (SSSR count). The fourth-order valence-corrected chi connectivity index (χ4v) is 3.64. The topological polar surface area (TPSA) is 49.4 Å². The summed E-state index contributed by atoms with van der Waals surface area (Å²) in [5, 5.41) is 2.86. The summed E-state index contributed by atoms with van der Waals surface area (Å²) in [7, 11) is 0. The maximum atomic E-state index is 13.0. The quantitative estimate of drug-likeness (QED) is 0.928. The zero-order chi connectivity index (χ0) is 14.8. The van der Waals surface area contributed by atoms with Crippen LogP contribution in [0.2, 0.25) is 0 Å². The number of nitrogens with one attached hydrogen (secondary N) is 1. The Kier molecular flexibility index (Phi) is 3.95. The van der Waals surface area contributed by atoms with Crippen molar-refractivity contribution in [2.24, 2.45) is 0 Å². The molecule has 0 spiro atoms. The Morgan fingerprint density at radius 3 is 2.71 bits per heavy atom. The van der Waals surface area contributed by atoms with Gasteiger partial charge in [0.1, 0.15) is 0 Å². The third-order valence-electron chi connectivity index (χ3n) is 4.69. The molecule has 0 saturated heterocycles. The molecular formula is C17H22N2O2. The predicted molar refractivity (Wildman–Crippen MR) is 82.1 cm³/mol. The van der Waals surface area contributed by atoms with Crippen LogP contribution in [0.25, 0.3) is 0 Å². The summed E-state index contributed by atoms with van der Waals surface area (Å²) in [6.45, 7) is 2.76. The number of anilines is 1. The van der Waals surface area contributed by atoms with E-state index in [2.05, 4.69) is 5.32 Å². The molecule has 2 amide bonds. The number of carbonyl (C=O) groups excluding carboxylic acids is 2. The van der Waals surface area contributed by atoms with Crippen LogP contribution in [0.3, 0.4) is 0 Å². The summed E-state index contributed by atoms with van der Waals surface area (Å²) < 4.78 is 0. The van der Waals surface area contributed by atoms with Crippen molar-refractivity contribution in [2.45, 2.75) is 51.0 Å². The van der Waals surface area contributed by atoms with Crippen molar-refractivity contribution in [2.75, 3.05) is 11.9 Å². The first-order valence-electron chi connectivity index (χ1n) is 7.90. The van der Waals surface area contributed by atoms with Gasteiger partial charge in [-0.3, -0.25) is 9.59 Å². The van der Waals surface area contributed by atoms with Gasteiger partial charge in [0.05, 0.1) is 5.92 Å². The van der Waals surface area contributed by atoms with E-state index in [9.17, 15) is 9.59 Å². The fourth-order valence-electron chi connectivity index (χ4n) is 3.64. The first-order valence-corrected chi connectivity index (χ1v) is 7.90. The third-order valence-corrected chi connectivity index (χ3v) is 4.69. The van der Waals surface area contributed by atoms with Crippen molar-refractivity contribution < 1.29 is 9.59 Å². The van der Waals surface area contributed by atoms with Crippen molar-refractivity contribution in [3.8, 4) is 0 Å². The molecule has 0 aromatic heterocycles. The molecule has 1 heterocycles. The van der Waals surface area contributed by atoms with Crippen LogP contribution >= 0.6 is 0 Å². The lowest BCUT2D eigenvalue weighted by molar-refractivity contribution is -0.136. The number of hydrogen-bond acceptors (Lipinski definition) is 2. The summed E-state index contributed by atoms with van der Waals surface area (Å²) in [6, 6.07) is 8.01. The lowest BCUT2D eigenvalue weighted by Gasteiger charge is -2.33. The summed E-state index contributed by atoms with van der Waals surface area (Å²) >= 11 is 0. The van der Waals surface area contributed by atoms with Crippen molar-refractivity contribution >= 4 is 17.5 Å². The predicted octanol–water partition coefficient (Wildman–Crippen LogP) is 2.90. The normalized spacial score (nSPS) is 21.8. The van der Waals surface area contributed by atoms with E-state index < -0.39 is 0 Å². The molecule has 1 saturated carbocycles.